The van der Waals surface area contributed by atoms with Crippen LogP contribution in [0.5, 0.6) is 0 Å². The van der Waals surface area contributed by atoms with E-state index in [0.29, 0.717) is 10.7 Å². The summed E-state index contributed by atoms with van der Waals surface area (Å²) >= 11 is 5.85. The van der Waals surface area contributed by atoms with Crippen molar-refractivity contribution in [2.24, 2.45) is 0 Å². The van der Waals surface area contributed by atoms with Crippen LogP contribution >= 0.6 is 11.6 Å². The highest BCUT2D eigenvalue weighted by Gasteiger charge is 2.12. The Hall–Kier alpha value is -3.06. The highest BCUT2D eigenvalue weighted by molar-refractivity contribution is 6.30. The van der Waals surface area contributed by atoms with E-state index in [0.717, 1.165) is 12.1 Å². The summed E-state index contributed by atoms with van der Waals surface area (Å²) < 4.78 is 27.2. The number of hydrogen-bond donors (Lipinski definition) is 2. The number of nitrogens with one attached hydrogen (secondary N) is 2. The van der Waals surface area contributed by atoms with Crippen LogP contribution < -0.4 is 10.6 Å². The lowest BCUT2D eigenvalue weighted by Crippen LogP contribution is -2.14. The van der Waals surface area contributed by atoms with E-state index in [1.54, 1.807) is 24.3 Å². The molecule has 0 atom stereocenters. The number of para-hydroxylation sites is 1. The maximum absolute atomic E-state index is 13.6. The number of carbonyl (C=O) groups is 1. The van der Waals surface area contributed by atoms with Gasteiger partial charge in [0, 0.05) is 10.7 Å². The topological polar surface area (TPSA) is 66.9 Å². The Morgan fingerprint density at radius 2 is 1.72 bits per heavy atom. The lowest BCUT2D eigenvalue weighted by atomic mass is 10.3. The third kappa shape index (κ3) is 4.07. The van der Waals surface area contributed by atoms with Gasteiger partial charge in [-0.1, -0.05) is 23.7 Å². The third-order valence-electron chi connectivity index (χ3n) is 3.18. The van der Waals surface area contributed by atoms with Crippen LogP contribution in [0.25, 0.3) is 0 Å². The minimum absolute atomic E-state index is 0.0412. The van der Waals surface area contributed by atoms with E-state index in [9.17, 15) is 13.6 Å². The fraction of sp³-hybridized carbons (Fsp3) is 0. The second-order valence-electron chi connectivity index (χ2n) is 4.97. The second kappa shape index (κ2) is 7.23. The number of hydrogen-bond acceptors (Lipinski definition) is 4. The summed E-state index contributed by atoms with van der Waals surface area (Å²) in [6, 6.07) is 10.1. The van der Waals surface area contributed by atoms with Crippen LogP contribution in [0, 0.1) is 11.6 Å². The quantitative estimate of drug-likeness (QED) is 0.723. The van der Waals surface area contributed by atoms with Crippen molar-refractivity contribution >= 4 is 34.7 Å². The van der Waals surface area contributed by atoms with Gasteiger partial charge in [0.2, 0.25) is 0 Å². The molecule has 0 saturated heterocycles. The molecular formula is C17H11ClF2N4O. The molecule has 0 aliphatic heterocycles. The number of amides is 1. The van der Waals surface area contributed by atoms with E-state index in [1.807, 2.05) is 0 Å². The van der Waals surface area contributed by atoms with Crippen LogP contribution in [0.2, 0.25) is 5.02 Å². The van der Waals surface area contributed by atoms with Gasteiger partial charge in [0.05, 0.1) is 12.4 Å². The van der Waals surface area contributed by atoms with E-state index in [1.165, 1.54) is 18.5 Å². The number of rotatable bonds is 4. The molecule has 0 fully saturated rings. The molecule has 1 aromatic heterocycles. The highest BCUT2D eigenvalue weighted by atomic mass is 35.5. The molecule has 1 heterocycles. The average Bonchev–Trinajstić information content (AvgIpc) is 2.59. The summed E-state index contributed by atoms with van der Waals surface area (Å²) in [6.07, 6.45) is 2.40. The number of nitrogens with zero attached hydrogens (tertiary/aromatic N) is 2. The molecule has 25 heavy (non-hydrogen) atoms. The molecule has 0 spiro atoms. The Kier molecular flexibility index (Phi) is 4.85. The Balaban J connectivity index is 1.72. The van der Waals surface area contributed by atoms with E-state index >= 15 is 0 Å². The van der Waals surface area contributed by atoms with Gasteiger partial charge in [0.25, 0.3) is 5.91 Å². The molecule has 0 aliphatic carbocycles. The van der Waals surface area contributed by atoms with Crippen molar-refractivity contribution in [1.29, 1.82) is 0 Å². The van der Waals surface area contributed by atoms with Crippen molar-refractivity contribution in [3.63, 3.8) is 0 Å². The maximum atomic E-state index is 13.6. The number of aromatic nitrogens is 2. The fourth-order valence-electron chi connectivity index (χ4n) is 2.02. The van der Waals surface area contributed by atoms with E-state index in [-0.39, 0.29) is 17.2 Å². The van der Waals surface area contributed by atoms with Crippen LogP contribution in [0.1, 0.15) is 10.5 Å². The zero-order valence-electron chi connectivity index (χ0n) is 12.6. The monoisotopic (exact) mass is 360 g/mol. The first-order valence-electron chi connectivity index (χ1n) is 7.13. The first-order chi connectivity index (χ1) is 12.0. The molecule has 0 aliphatic rings. The number of halogens is 3. The standard InChI is InChI=1S/C17H11ClF2N4O/c18-10-3-1-4-11(7-10)23-17(25)14-8-22-15(9-21-14)24-16-12(19)5-2-6-13(16)20/h1-9H,(H,22,24)(H,23,25). The van der Waals surface area contributed by atoms with Crippen LogP contribution in [-0.4, -0.2) is 15.9 Å². The molecule has 8 heteroatoms. The van der Waals surface area contributed by atoms with Crippen molar-refractivity contribution < 1.29 is 13.6 Å². The van der Waals surface area contributed by atoms with Gasteiger partial charge in [-0.2, -0.15) is 0 Å². The molecule has 0 bridgehead atoms. The Bertz CT molecular complexity index is 899. The van der Waals surface area contributed by atoms with E-state index in [4.69, 9.17) is 11.6 Å². The van der Waals surface area contributed by atoms with Gasteiger partial charge in [-0.15, -0.1) is 0 Å². The first-order valence-corrected chi connectivity index (χ1v) is 7.51. The van der Waals surface area contributed by atoms with Gasteiger partial charge in [-0.05, 0) is 30.3 Å². The van der Waals surface area contributed by atoms with Crippen LogP contribution in [0.15, 0.2) is 54.9 Å². The van der Waals surface area contributed by atoms with Gasteiger partial charge in [0.1, 0.15) is 28.8 Å². The van der Waals surface area contributed by atoms with Gasteiger partial charge < -0.3 is 10.6 Å². The number of carbonyl (C=O) groups excluding carboxylic acids is 1. The van der Waals surface area contributed by atoms with Crippen molar-refractivity contribution in [2.45, 2.75) is 0 Å². The first kappa shape index (κ1) is 16.8. The van der Waals surface area contributed by atoms with Crippen molar-refractivity contribution in [3.05, 3.63) is 77.2 Å². The number of benzene rings is 2. The summed E-state index contributed by atoms with van der Waals surface area (Å²) in [7, 11) is 0. The maximum Gasteiger partial charge on any atom is 0.275 e. The third-order valence-corrected chi connectivity index (χ3v) is 3.42. The average molecular weight is 361 g/mol. The smallest absolute Gasteiger partial charge is 0.275 e. The summed E-state index contributed by atoms with van der Waals surface area (Å²) in [5, 5.41) is 5.59. The summed E-state index contributed by atoms with van der Waals surface area (Å²) in [5.74, 6) is -1.91. The van der Waals surface area contributed by atoms with Crippen molar-refractivity contribution in [3.8, 4) is 0 Å². The zero-order valence-corrected chi connectivity index (χ0v) is 13.4. The minimum Gasteiger partial charge on any atom is -0.334 e. The molecule has 0 unspecified atom stereocenters. The van der Waals surface area contributed by atoms with Gasteiger partial charge in [-0.25, -0.2) is 18.7 Å². The lowest BCUT2D eigenvalue weighted by molar-refractivity contribution is 0.102. The van der Waals surface area contributed by atoms with Crippen molar-refractivity contribution in [1.82, 2.24) is 9.97 Å². The molecule has 1 amide bonds. The Morgan fingerprint density at radius 3 is 2.36 bits per heavy atom. The van der Waals surface area contributed by atoms with Crippen LogP contribution in [-0.2, 0) is 0 Å². The highest BCUT2D eigenvalue weighted by Crippen LogP contribution is 2.21. The molecule has 2 N–H and O–H groups in total. The summed E-state index contributed by atoms with van der Waals surface area (Å²) in [6.45, 7) is 0. The summed E-state index contributed by atoms with van der Waals surface area (Å²) in [4.78, 5) is 20.0. The minimum atomic E-state index is -0.760. The molecular weight excluding hydrogens is 350 g/mol. The van der Waals surface area contributed by atoms with Crippen LogP contribution in [0.4, 0.5) is 26.0 Å². The van der Waals surface area contributed by atoms with Gasteiger partial charge in [-0.3, -0.25) is 4.79 Å². The normalized spacial score (nSPS) is 10.4. The molecule has 126 valence electrons. The zero-order chi connectivity index (χ0) is 17.8. The predicted octanol–water partition coefficient (Wildman–Crippen LogP) is 4.40. The molecule has 5 nitrogen and oxygen atoms in total. The Morgan fingerprint density at radius 1 is 1.00 bits per heavy atom. The Labute approximate surface area is 146 Å². The van der Waals surface area contributed by atoms with Crippen molar-refractivity contribution in [2.75, 3.05) is 10.6 Å². The molecule has 2 aromatic carbocycles. The van der Waals surface area contributed by atoms with E-state index < -0.39 is 17.5 Å². The molecule has 0 radical (unpaired) electrons. The lowest BCUT2D eigenvalue weighted by Gasteiger charge is -2.08. The SMILES string of the molecule is O=C(Nc1cccc(Cl)c1)c1cnc(Nc2c(F)cccc2F)cn1. The second-order valence-corrected chi connectivity index (χ2v) is 5.41. The van der Waals surface area contributed by atoms with E-state index in [2.05, 4.69) is 20.6 Å². The molecule has 3 aromatic rings. The largest absolute Gasteiger partial charge is 0.334 e. The van der Waals surface area contributed by atoms with Gasteiger partial charge >= 0.3 is 0 Å². The molecule has 3 rings (SSSR count). The molecule has 0 saturated carbocycles. The summed E-state index contributed by atoms with van der Waals surface area (Å²) in [5.41, 5.74) is 0.211. The number of anilines is 3. The van der Waals surface area contributed by atoms with Crippen LogP contribution in [0.3, 0.4) is 0 Å². The van der Waals surface area contributed by atoms with Gasteiger partial charge in [0.15, 0.2) is 0 Å². The predicted molar refractivity (Wildman–Crippen MR) is 91.1 cm³/mol. The fourth-order valence-corrected chi connectivity index (χ4v) is 2.21.